The van der Waals surface area contributed by atoms with Gasteiger partial charge in [0.15, 0.2) is 5.96 Å². The Morgan fingerprint density at radius 3 is 2.50 bits per heavy atom. The SMILES string of the molecule is CN=C(NCC1CC1)NCC1(C)COC1.I. The second-order valence-electron chi connectivity index (χ2n) is 5.05. The van der Waals surface area contributed by atoms with Crippen molar-refractivity contribution < 1.29 is 4.74 Å². The number of nitrogens with zero attached hydrogens (tertiary/aromatic N) is 1. The van der Waals surface area contributed by atoms with Gasteiger partial charge in [0.2, 0.25) is 0 Å². The first-order chi connectivity index (χ1) is 7.22. The van der Waals surface area contributed by atoms with E-state index in [4.69, 9.17) is 4.74 Å². The summed E-state index contributed by atoms with van der Waals surface area (Å²) in [6.45, 7) is 5.96. The summed E-state index contributed by atoms with van der Waals surface area (Å²) in [5, 5.41) is 6.70. The number of hydrogen-bond donors (Lipinski definition) is 2. The lowest BCUT2D eigenvalue weighted by Gasteiger charge is -2.38. The average molecular weight is 339 g/mol. The van der Waals surface area contributed by atoms with Gasteiger partial charge in [-0.1, -0.05) is 6.92 Å². The van der Waals surface area contributed by atoms with Gasteiger partial charge in [0.1, 0.15) is 0 Å². The molecule has 0 radical (unpaired) electrons. The summed E-state index contributed by atoms with van der Waals surface area (Å²) in [6.07, 6.45) is 2.74. The van der Waals surface area contributed by atoms with Crippen LogP contribution in [0, 0.1) is 11.3 Å². The summed E-state index contributed by atoms with van der Waals surface area (Å²) in [7, 11) is 1.82. The van der Waals surface area contributed by atoms with Crippen molar-refractivity contribution in [1.82, 2.24) is 10.6 Å². The lowest BCUT2D eigenvalue weighted by atomic mass is 9.89. The Morgan fingerprint density at radius 1 is 1.38 bits per heavy atom. The number of guanidine groups is 1. The first kappa shape index (κ1) is 14.0. The van der Waals surface area contributed by atoms with Crippen LogP contribution in [0.2, 0.25) is 0 Å². The number of ether oxygens (including phenoxy) is 1. The molecule has 1 aliphatic carbocycles. The Hall–Kier alpha value is -0.0400. The van der Waals surface area contributed by atoms with Crippen molar-refractivity contribution in [2.75, 3.05) is 33.4 Å². The van der Waals surface area contributed by atoms with Gasteiger partial charge >= 0.3 is 0 Å². The third-order valence-corrected chi connectivity index (χ3v) is 3.06. The fraction of sp³-hybridized carbons (Fsp3) is 0.909. The van der Waals surface area contributed by atoms with Crippen LogP contribution in [0.1, 0.15) is 19.8 Å². The van der Waals surface area contributed by atoms with Gasteiger partial charge < -0.3 is 15.4 Å². The summed E-state index contributed by atoms with van der Waals surface area (Å²) in [5.74, 6) is 1.81. The predicted molar refractivity (Wildman–Crippen MR) is 76.4 cm³/mol. The van der Waals surface area contributed by atoms with Crippen molar-refractivity contribution in [3.63, 3.8) is 0 Å². The van der Waals surface area contributed by atoms with Crippen molar-refractivity contribution in [3.8, 4) is 0 Å². The Balaban J connectivity index is 0.00000128. The number of hydrogen-bond acceptors (Lipinski definition) is 2. The van der Waals surface area contributed by atoms with Crippen molar-refractivity contribution in [2.24, 2.45) is 16.3 Å². The minimum atomic E-state index is 0. The third kappa shape index (κ3) is 4.08. The molecule has 4 nitrogen and oxygen atoms in total. The van der Waals surface area contributed by atoms with E-state index in [0.717, 1.165) is 38.2 Å². The molecule has 0 aromatic carbocycles. The minimum Gasteiger partial charge on any atom is -0.380 e. The zero-order chi connectivity index (χ0) is 10.7. The summed E-state index contributed by atoms with van der Waals surface area (Å²) in [4.78, 5) is 4.20. The molecule has 0 spiro atoms. The fourth-order valence-electron chi connectivity index (χ4n) is 1.63. The zero-order valence-corrected chi connectivity index (χ0v) is 12.4. The topological polar surface area (TPSA) is 45.7 Å². The Morgan fingerprint density at radius 2 is 2.06 bits per heavy atom. The quantitative estimate of drug-likeness (QED) is 0.460. The van der Waals surface area contributed by atoms with Crippen molar-refractivity contribution in [2.45, 2.75) is 19.8 Å². The molecule has 2 aliphatic rings. The summed E-state index contributed by atoms with van der Waals surface area (Å²) < 4.78 is 5.21. The van der Waals surface area contributed by atoms with E-state index >= 15 is 0 Å². The lowest BCUT2D eigenvalue weighted by molar-refractivity contribution is -0.0971. The first-order valence-electron chi connectivity index (χ1n) is 5.74. The van der Waals surface area contributed by atoms with Crippen molar-refractivity contribution >= 4 is 29.9 Å². The van der Waals surface area contributed by atoms with E-state index in [1.165, 1.54) is 12.8 Å². The van der Waals surface area contributed by atoms with E-state index in [-0.39, 0.29) is 24.0 Å². The Bertz CT molecular complexity index is 250. The van der Waals surface area contributed by atoms with Gasteiger partial charge in [-0.3, -0.25) is 4.99 Å². The van der Waals surface area contributed by atoms with Gasteiger partial charge in [0.05, 0.1) is 13.2 Å². The van der Waals surface area contributed by atoms with Crippen LogP contribution in [-0.2, 0) is 4.74 Å². The van der Waals surface area contributed by atoms with Crippen LogP contribution in [0.5, 0.6) is 0 Å². The monoisotopic (exact) mass is 339 g/mol. The molecule has 0 unspecified atom stereocenters. The molecule has 1 saturated heterocycles. The second kappa shape index (κ2) is 6.05. The summed E-state index contributed by atoms with van der Waals surface area (Å²) in [6, 6.07) is 0. The molecular weight excluding hydrogens is 317 g/mol. The predicted octanol–water partition coefficient (Wildman–Crippen LogP) is 1.22. The molecule has 0 bridgehead atoms. The molecule has 1 saturated carbocycles. The molecule has 94 valence electrons. The van der Waals surface area contributed by atoms with Gasteiger partial charge in [-0.2, -0.15) is 0 Å². The van der Waals surface area contributed by atoms with Gasteiger partial charge in [-0.25, -0.2) is 0 Å². The molecule has 0 aromatic rings. The molecule has 1 aliphatic heterocycles. The van der Waals surface area contributed by atoms with Crippen LogP contribution in [0.15, 0.2) is 4.99 Å². The molecule has 0 aromatic heterocycles. The maximum absolute atomic E-state index is 5.21. The highest BCUT2D eigenvalue weighted by Crippen LogP contribution is 2.27. The molecule has 0 atom stereocenters. The van der Waals surface area contributed by atoms with Crippen LogP contribution in [-0.4, -0.2) is 39.3 Å². The molecule has 0 amide bonds. The first-order valence-corrected chi connectivity index (χ1v) is 5.74. The van der Waals surface area contributed by atoms with E-state index < -0.39 is 0 Å². The van der Waals surface area contributed by atoms with Gasteiger partial charge in [-0.15, -0.1) is 24.0 Å². The smallest absolute Gasteiger partial charge is 0.191 e. The number of halogens is 1. The van der Waals surface area contributed by atoms with Gasteiger partial charge in [0.25, 0.3) is 0 Å². The van der Waals surface area contributed by atoms with Crippen LogP contribution in [0.3, 0.4) is 0 Å². The van der Waals surface area contributed by atoms with Crippen LogP contribution >= 0.6 is 24.0 Å². The maximum Gasteiger partial charge on any atom is 0.191 e. The van der Waals surface area contributed by atoms with Crippen LogP contribution in [0.25, 0.3) is 0 Å². The van der Waals surface area contributed by atoms with Gasteiger partial charge in [0, 0.05) is 25.6 Å². The van der Waals surface area contributed by atoms with Crippen molar-refractivity contribution in [3.05, 3.63) is 0 Å². The molecule has 16 heavy (non-hydrogen) atoms. The molecule has 2 fully saturated rings. The largest absolute Gasteiger partial charge is 0.380 e. The molecule has 1 heterocycles. The van der Waals surface area contributed by atoms with Crippen LogP contribution < -0.4 is 10.6 Å². The second-order valence-corrected chi connectivity index (χ2v) is 5.05. The fourth-order valence-corrected chi connectivity index (χ4v) is 1.63. The van der Waals surface area contributed by atoms with Crippen molar-refractivity contribution in [1.29, 1.82) is 0 Å². The van der Waals surface area contributed by atoms with Gasteiger partial charge in [-0.05, 0) is 18.8 Å². The highest BCUT2D eigenvalue weighted by Gasteiger charge is 2.33. The Kier molecular flexibility index (Phi) is 5.30. The molecule has 2 N–H and O–H groups in total. The van der Waals surface area contributed by atoms with E-state index in [2.05, 4.69) is 22.5 Å². The van der Waals surface area contributed by atoms with Crippen LogP contribution in [0.4, 0.5) is 0 Å². The maximum atomic E-state index is 5.21. The summed E-state index contributed by atoms with van der Waals surface area (Å²) >= 11 is 0. The molecule has 5 heteroatoms. The standard InChI is InChI=1S/C11H21N3O.HI/c1-11(7-15-8-11)6-14-10(12-2)13-5-9-3-4-9;/h9H,3-8H2,1-2H3,(H2,12,13,14);1H. The third-order valence-electron chi connectivity index (χ3n) is 3.06. The lowest BCUT2D eigenvalue weighted by Crippen LogP contribution is -2.51. The number of nitrogens with one attached hydrogen (secondary N) is 2. The normalized spacial score (nSPS) is 23.0. The molecular formula is C11H22IN3O. The van der Waals surface area contributed by atoms with E-state index in [1.807, 2.05) is 7.05 Å². The van der Waals surface area contributed by atoms with E-state index in [0.29, 0.717) is 5.41 Å². The van der Waals surface area contributed by atoms with E-state index in [9.17, 15) is 0 Å². The minimum absolute atomic E-state index is 0. The highest BCUT2D eigenvalue weighted by molar-refractivity contribution is 14.0. The Labute approximate surface area is 115 Å². The molecule has 2 rings (SSSR count). The number of aliphatic imine (C=N–C) groups is 1. The van der Waals surface area contributed by atoms with E-state index in [1.54, 1.807) is 0 Å². The zero-order valence-electron chi connectivity index (χ0n) is 10.1. The highest BCUT2D eigenvalue weighted by atomic mass is 127. The average Bonchev–Trinajstić information content (AvgIpc) is 2.99. The summed E-state index contributed by atoms with van der Waals surface area (Å²) in [5.41, 5.74) is 0.303. The number of rotatable bonds is 4.